The molecule has 0 saturated carbocycles. The summed E-state index contributed by atoms with van der Waals surface area (Å²) in [7, 11) is -4.40. The van der Waals surface area contributed by atoms with Gasteiger partial charge in [0.1, 0.15) is 30.2 Å². The van der Waals surface area contributed by atoms with Crippen molar-refractivity contribution in [1.29, 1.82) is 0 Å². The SMILES string of the molecule is CC1(C)O[C@H]2O[C@H]([C@H]3COC(C)(C)O3)[C@H](OS(=O)(=O)Oc3ccccc3)[C@H]2O1. The largest absolute Gasteiger partial charge is 0.449 e. The monoisotopic (exact) mass is 416 g/mol. The van der Waals surface area contributed by atoms with Gasteiger partial charge in [-0.1, -0.05) is 18.2 Å². The van der Waals surface area contributed by atoms with Crippen LogP contribution in [0.3, 0.4) is 0 Å². The van der Waals surface area contributed by atoms with Gasteiger partial charge in [-0.25, -0.2) is 4.18 Å². The van der Waals surface area contributed by atoms with E-state index in [1.807, 2.05) is 0 Å². The highest BCUT2D eigenvalue weighted by molar-refractivity contribution is 7.82. The second-order valence-electron chi connectivity index (χ2n) is 7.80. The first-order chi connectivity index (χ1) is 13.0. The Balaban J connectivity index is 1.55. The molecule has 3 aliphatic heterocycles. The van der Waals surface area contributed by atoms with E-state index in [9.17, 15) is 8.42 Å². The quantitative estimate of drug-likeness (QED) is 0.710. The summed E-state index contributed by atoms with van der Waals surface area (Å²) in [5, 5.41) is 0. The maximum absolute atomic E-state index is 12.5. The second kappa shape index (κ2) is 6.91. The molecule has 0 unspecified atom stereocenters. The number of hydrogen-bond acceptors (Lipinski definition) is 9. The van der Waals surface area contributed by atoms with Crippen LogP contribution < -0.4 is 4.18 Å². The molecule has 0 N–H and O–H groups in total. The van der Waals surface area contributed by atoms with Gasteiger partial charge in [0, 0.05) is 0 Å². The van der Waals surface area contributed by atoms with Crippen LogP contribution in [0.2, 0.25) is 0 Å². The Morgan fingerprint density at radius 1 is 0.964 bits per heavy atom. The highest BCUT2D eigenvalue weighted by Gasteiger charge is 2.60. The second-order valence-corrected chi connectivity index (χ2v) is 8.98. The molecule has 0 radical (unpaired) electrons. The summed E-state index contributed by atoms with van der Waals surface area (Å²) >= 11 is 0. The molecule has 3 heterocycles. The number of rotatable bonds is 5. The Morgan fingerprint density at radius 3 is 2.32 bits per heavy atom. The summed E-state index contributed by atoms with van der Waals surface area (Å²) in [6, 6.07) is 8.09. The summed E-state index contributed by atoms with van der Waals surface area (Å²) in [5.41, 5.74) is 0. The standard InChI is InChI=1S/C18H24O9S/c1-17(2)21-10-12(23-17)13-14(15-16(22-13)25-18(3,4)24-15)27-28(19,20)26-11-8-6-5-7-9-11/h5-9,12-16H,10H2,1-4H3/t12-,13-,14+,15-,16-/m1/s1. The Bertz CT molecular complexity index is 808. The van der Waals surface area contributed by atoms with Crippen molar-refractivity contribution in [2.75, 3.05) is 6.61 Å². The summed E-state index contributed by atoms with van der Waals surface area (Å²) < 4.78 is 64.4. The summed E-state index contributed by atoms with van der Waals surface area (Å²) in [6.45, 7) is 7.19. The Labute approximate surface area is 164 Å². The topological polar surface area (TPSA) is 98.8 Å². The first kappa shape index (κ1) is 20.0. The molecule has 0 aliphatic carbocycles. The van der Waals surface area contributed by atoms with Gasteiger partial charge in [0.15, 0.2) is 17.9 Å². The molecule has 156 valence electrons. The average molecular weight is 416 g/mol. The fourth-order valence-electron chi connectivity index (χ4n) is 3.54. The lowest BCUT2D eigenvalue weighted by Gasteiger charge is -2.28. The van der Waals surface area contributed by atoms with E-state index < -0.39 is 52.7 Å². The van der Waals surface area contributed by atoms with E-state index in [4.69, 9.17) is 32.1 Å². The smallest absolute Gasteiger partial charge is 0.362 e. The van der Waals surface area contributed by atoms with Crippen molar-refractivity contribution in [3.8, 4) is 5.75 Å². The van der Waals surface area contributed by atoms with Crippen molar-refractivity contribution in [2.24, 2.45) is 0 Å². The fourth-order valence-corrected chi connectivity index (χ4v) is 4.42. The molecule has 10 heteroatoms. The fraction of sp³-hybridized carbons (Fsp3) is 0.667. The maximum Gasteiger partial charge on any atom is 0.449 e. The molecule has 0 amide bonds. The molecule has 28 heavy (non-hydrogen) atoms. The number of ether oxygens (including phenoxy) is 5. The van der Waals surface area contributed by atoms with Crippen LogP contribution >= 0.6 is 0 Å². The molecule has 1 aromatic carbocycles. The zero-order valence-corrected chi connectivity index (χ0v) is 16.9. The van der Waals surface area contributed by atoms with Gasteiger partial charge < -0.3 is 27.9 Å². The summed E-state index contributed by atoms with van der Waals surface area (Å²) in [6.07, 6.45) is -3.90. The summed E-state index contributed by atoms with van der Waals surface area (Å²) in [4.78, 5) is 0. The molecule has 9 nitrogen and oxygen atoms in total. The van der Waals surface area contributed by atoms with Crippen LogP contribution in [0.15, 0.2) is 30.3 Å². The maximum atomic E-state index is 12.5. The van der Waals surface area contributed by atoms with Gasteiger partial charge in [0.2, 0.25) is 0 Å². The van der Waals surface area contributed by atoms with Gasteiger partial charge in [-0.05, 0) is 39.8 Å². The Morgan fingerprint density at radius 2 is 1.68 bits per heavy atom. The minimum Gasteiger partial charge on any atom is -0.362 e. The van der Waals surface area contributed by atoms with Crippen molar-refractivity contribution in [2.45, 2.75) is 70.0 Å². The lowest BCUT2D eigenvalue weighted by molar-refractivity contribution is -0.230. The van der Waals surface area contributed by atoms with Crippen LogP contribution in [-0.2, 0) is 38.3 Å². The number of para-hydroxylation sites is 1. The van der Waals surface area contributed by atoms with Crippen molar-refractivity contribution in [1.82, 2.24) is 0 Å². The third kappa shape index (κ3) is 4.18. The molecule has 0 spiro atoms. The number of hydrogen-bond donors (Lipinski definition) is 0. The molecule has 5 atom stereocenters. The molecule has 3 saturated heterocycles. The highest BCUT2D eigenvalue weighted by Crippen LogP contribution is 2.42. The van der Waals surface area contributed by atoms with E-state index in [0.29, 0.717) is 0 Å². The zero-order valence-electron chi connectivity index (χ0n) is 16.1. The molecule has 3 aliphatic rings. The lowest BCUT2D eigenvalue weighted by Crippen LogP contribution is -2.45. The normalized spacial score (nSPS) is 36.4. The molecule has 0 aromatic heterocycles. The van der Waals surface area contributed by atoms with Gasteiger partial charge in [0.25, 0.3) is 0 Å². The Kier molecular flexibility index (Phi) is 4.94. The van der Waals surface area contributed by atoms with E-state index in [0.717, 1.165) is 0 Å². The minimum absolute atomic E-state index is 0.139. The van der Waals surface area contributed by atoms with Gasteiger partial charge in [-0.2, -0.15) is 8.42 Å². The van der Waals surface area contributed by atoms with Gasteiger partial charge in [-0.15, -0.1) is 0 Å². The lowest BCUT2D eigenvalue weighted by atomic mass is 10.1. The summed E-state index contributed by atoms with van der Waals surface area (Å²) in [5.74, 6) is -1.60. The molecule has 0 bridgehead atoms. The molecule has 1 aromatic rings. The molecule has 4 rings (SSSR count). The van der Waals surface area contributed by atoms with Crippen molar-refractivity contribution in [3.05, 3.63) is 30.3 Å². The molecular weight excluding hydrogens is 392 g/mol. The zero-order chi connectivity index (χ0) is 20.2. The average Bonchev–Trinajstić information content (AvgIpc) is 3.18. The Hall–Kier alpha value is -1.27. The number of fused-ring (bicyclic) bond motifs is 1. The van der Waals surface area contributed by atoms with Crippen LogP contribution in [0, 0.1) is 0 Å². The van der Waals surface area contributed by atoms with E-state index in [1.165, 1.54) is 12.1 Å². The van der Waals surface area contributed by atoms with Crippen LogP contribution in [0.5, 0.6) is 5.75 Å². The number of benzene rings is 1. The van der Waals surface area contributed by atoms with Gasteiger partial charge in [-0.3, -0.25) is 0 Å². The molecular formula is C18H24O9S. The van der Waals surface area contributed by atoms with Crippen LogP contribution in [0.25, 0.3) is 0 Å². The van der Waals surface area contributed by atoms with Crippen LogP contribution in [0.4, 0.5) is 0 Å². The highest BCUT2D eigenvalue weighted by atomic mass is 32.3. The van der Waals surface area contributed by atoms with Crippen molar-refractivity contribution < 1.29 is 40.5 Å². The van der Waals surface area contributed by atoms with Gasteiger partial charge in [0.05, 0.1) is 6.61 Å². The molecule has 3 fully saturated rings. The van der Waals surface area contributed by atoms with E-state index in [-0.39, 0.29) is 12.4 Å². The first-order valence-corrected chi connectivity index (χ1v) is 10.4. The van der Waals surface area contributed by atoms with Crippen molar-refractivity contribution >= 4 is 10.4 Å². The van der Waals surface area contributed by atoms with E-state index in [2.05, 4.69) is 0 Å². The first-order valence-electron chi connectivity index (χ1n) is 9.04. The van der Waals surface area contributed by atoms with Gasteiger partial charge >= 0.3 is 10.4 Å². The van der Waals surface area contributed by atoms with Crippen LogP contribution in [-0.4, -0.2) is 57.3 Å². The minimum atomic E-state index is -4.40. The third-order valence-corrected chi connectivity index (χ3v) is 5.45. The van der Waals surface area contributed by atoms with E-state index >= 15 is 0 Å². The third-order valence-electron chi connectivity index (χ3n) is 4.59. The van der Waals surface area contributed by atoms with Crippen molar-refractivity contribution in [3.63, 3.8) is 0 Å². The van der Waals surface area contributed by atoms with E-state index in [1.54, 1.807) is 45.9 Å². The predicted molar refractivity (Wildman–Crippen MR) is 94.5 cm³/mol. The van der Waals surface area contributed by atoms with Crippen LogP contribution in [0.1, 0.15) is 27.7 Å². The predicted octanol–water partition coefficient (Wildman–Crippen LogP) is 1.72.